The minimum absolute atomic E-state index is 0.542. The van der Waals surface area contributed by atoms with Crippen LogP contribution in [0.3, 0.4) is 0 Å². The van der Waals surface area contributed by atoms with Crippen LogP contribution in [-0.4, -0.2) is 33.3 Å². The summed E-state index contributed by atoms with van der Waals surface area (Å²) in [7, 11) is 0. The Morgan fingerprint density at radius 1 is 1.47 bits per heavy atom. The molecule has 2 rings (SSSR count). The third kappa shape index (κ3) is 1.57. The van der Waals surface area contributed by atoms with Gasteiger partial charge in [-0.05, 0) is 11.4 Å². The zero-order valence-corrected chi connectivity index (χ0v) is 8.14. The van der Waals surface area contributed by atoms with Crippen LogP contribution < -0.4 is 9.89 Å². The van der Waals surface area contributed by atoms with E-state index in [1.807, 2.05) is 0 Å². The van der Waals surface area contributed by atoms with Gasteiger partial charge in [-0.1, -0.05) is 0 Å². The number of carboxylic acid groups (broad SMARTS) is 2. The highest BCUT2D eigenvalue weighted by molar-refractivity contribution is 7.07. The minimum atomic E-state index is -1.38. The molecule has 15 heavy (non-hydrogen) atoms. The Morgan fingerprint density at radius 3 is 2.80 bits per heavy atom. The molecule has 1 unspecified atom stereocenters. The van der Waals surface area contributed by atoms with Gasteiger partial charge in [0.05, 0.1) is 0 Å². The van der Waals surface area contributed by atoms with E-state index in [1.54, 1.807) is 11.4 Å². The summed E-state index contributed by atoms with van der Waals surface area (Å²) in [6, 6.07) is 1.69. The molecular weight excluding hydrogens is 220 g/mol. The minimum Gasteiger partial charge on any atom is -0.478 e. The first kappa shape index (κ1) is 9.66. The number of aliphatic carboxylic acids is 1. The summed E-state index contributed by atoms with van der Waals surface area (Å²) in [5, 5.41) is 20.0. The fourth-order valence-corrected chi connectivity index (χ4v) is 2.00. The van der Waals surface area contributed by atoms with Gasteiger partial charge in [0.2, 0.25) is 6.17 Å². The van der Waals surface area contributed by atoms with Gasteiger partial charge in [0.25, 0.3) is 0 Å². The Kier molecular flexibility index (Phi) is 2.16. The highest BCUT2D eigenvalue weighted by atomic mass is 32.1. The van der Waals surface area contributed by atoms with Crippen LogP contribution in [0.4, 0.5) is 4.79 Å². The molecule has 2 heterocycles. The number of amides is 1. The molecule has 1 aliphatic heterocycles. The molecule has 0 saturated heterocycles. The molecule has 0 radical (unpaired) electrons. The molecule has 7 heteroatoms. The van der Waals surface area contributed by atoms with Crippen molar-refractivity contribution in [3.05, 3.63) is 21.3 Å². The number of carboxylic acids is 1. The van der Waals surface area contributed by atoms with Gasteiger partial charge < -0.3 is 10.2 Å². The van der Waals surface area contributed by atoms with Crippen LogP contribution >= 0.6 is 11.3 Å². The average Bonchev–Trinajstić information content (AvgIpc) is 2.61. The van der Waals surface area contributed by atoms with Crippen molar-refractivity contribution in [2.45, 2.75) is 6.17 Å². The van der Waals surface area contributed by atoms with Gasteiger partial charge >= 0.3 is 12.1 Å². The first-order valence-corrected chi connectivity index (χ1v) is 4.85. The molecule has 0 fully saturated rings. The molecule has 2 N–H and O–H groups in total. The van der Waals surface area contributed by atoms with Crippen molar-refractivity contribution in [2.75, 3.05) is 0 Å². The van der Waals surface area contributed by atoms with Crippen LogP contribution in [0, 0.1) is 0 Å². The molecule has 1 aliphatic rings. The fourth-order valence-electron chi connectivity index (χ4n) is 1.24. The highest BCUT2D eigenvalue weighted by Gasteiger charge is 2.29. The SMILES string of the molecule is O=C(O)C1N=c2sccc2=CN1C(=O)O. The summed E-state index contributed by atoms with van der Waals surface area (Å²) in [6.07, 6.45) is -1.43. The summed E-state index contributed by atoms with van der Waals surface area (Å²) in [4.78, 5) is 26.1. The lowest BCUT2D eigenvalue weighted by atomic mass is 10.3. The standard InChI is InChI=1S/C8H6N2O4S/c11-7(12)5-9-6-4(1-2-15-6)3-10(5)8(13)14/h1-3,5H,(H,11,12)(H,13,14). The Labute approximate surface area is 87.4 Å². The largest absolute Gasteiger partial charge is 0.478 e. The van der Waals surface area contributed by atoms with Crippen molar-refractivity contribution < 1.29 is 19.8 Å². The molecule has 0 aliphatic carbocycles. The lowest BCUT2D eigenvalue weighted by molar-refractivity contribution is -0.141. The van der Waals surface area contributed by atoms with Crippen molar-refractivity contribution in [1.29, 1.82) is 0 Å². The maximum absolute atomic E-state index is 10.8. The lowest BCUT2D eigenvalue weighted by Crippen LogP contribution is -2.46. The van der Waals surface area contributed by atoms with Crippen molar-refractivity contribution >= 4 is 29.6 Å². The van der Waals surface area contributed by atoms with E-state index in [2.05, 4.69) is 4.99 Å². The van der Waals surface area contributed by atoms with Crippen molar-refractivity contribution in [3.8, 4) is 0 Å². The Hall–Kier alpha value is -1.89. The number of nitrogens with zero attached hydrogens (tertiary/aromatic N) is 2. The molecule has 6 nitrogen and oxygen atoms in total. The zero-order valence-electron chi connectivity index (χ0n) is 7.32. The molecule has 78 valence electrons. The Balaban J connectivity index is 2.59. The van der Waals surface area contributed by atoms with Crippen LogP contribution in [0.2, 0.25) is 0 Å². The summed E-state index contributed by atoms with van der Waals surface area (Å²) in [5.74, 6) is -1.28. The monoisotopic (exact) mass is 226 g/mol. The van der Waals surface area contributed by atoms with Crippen LogP contribution in [-0.2, 0) is 4.79 Å². The quantitative estimate of drug-likeness (QED) is 0.676. The molecule has 1 aromatic heterocycles. The second-order valence-electron chi connectivity index (χ2n) is 2.84. The summed E-state index contributed by atoms with van der Waals surface area (Å²) in [6.45, 7) is 0. The predicted molar refractivity (Wildman–Crippen MR) is 50.9 cm³/mol. The smallest absolute Gasteiger partial charge is 0.413 e. The van der Waals surface area contributed by atoms with E-state index in [0.717, 1.165) is 0 Å². The first-order valence-electron chi connectivity index (χ1n) is 3.97. The number of hydrogen-bond donors (Lipinski definition) is 2. The number of fused-ring (bicyclic) bond motifs is 1. The van der Waals surface area contributed by atoms with Crippen molar-refractivity contribution in [1.82, 2.24) is 4.90 Å². The van der Waals surface area contributed by atoms with E-state index in [0.29, 0.717) is 14.8 Å². The predicted octanol–water partition coefficient (Wildman–Crippen LogP) is -0.490. The van der Waals surface area contributed by atoms with Gasteiger partial charge in [-0.3, -0.25) is 4.90 Å². The second-order valence-corrected chi connectivity index (χ2v) is 3.74. The molecule has 0 aromatic carbocycles. The third-order valence-corrected chi connectivity index (χ3v) is 2.73. The number of carbonyl (C=O) groups is 2. The first-order chi connectivity index (χ1) is 7.09. The average molecular weight is 226 g/mol. The van der Waals surface area contributed by atoms with Gasteiger partial charge in [0, 0.05) is 11.4 Å². The van der Waals surface area contributed by atoms with E-state index in [4.69, 9.17) is 10.2 Å². The maximum Gasteiger partial charge on any atom is 0.413 e. The maximum atomic E-state index is 10.8. The molecule has 0 spiro atoms. The molecule has 1 atom stereocenters. The van der Waals surface area contributed by atoms with E-state index < -0.39 is 18.2 Å². The number of rotatable bonds is 1. The van der Waals surface area contributed by atoms with E-state index in [1.165, 1.54) is 17.5 Å². The van der Waals surface area contributed by atoms with E-state index in [-0.39, 0.29) is 0 Å². The molecule has 1 aromatic rings. The number of thiophene rings is 1. The van der Waals surface area contributed by atoms with Gasteiger partial charge in [-0.2, -0.15) is 0 Å². The normalized spacial score (nSPS) is 18.7. The van der Waals surface area contributed by atoms with Crippen LogP contribution in [0.5, 0.6) is 0 Å². The Bertz CT molecular complexity index is 489. The van der Waals surface area contributed by atoms with Crippen molar-refractivity contribution in [3.63, 3.8) is 0 Å². The summed E-state index contributed by atoms with van der Waals surface area (Å²) >= 11 is 1.28. The third-order valence-electron chi connectivity index (χ3n) is 1.90. The molecule has 0 saturated carbocycles. The molecule has 1 amide bonds. The van der Waals surface area contributed by atoms with Crippen molar-refractivity contribution in [2.24, 2.45) is 4.99 Å². The zero-order chi connectivity index (χ0) is 11.0. The van der Waals surface area contributed by atoms with E-state index >= 15 is 0 Å². The Morgan fingerprint density at radius 2 is 2.20 bits per heavy atom. The fraction of sp³-hybridized carbons (Fsp3) is 0.125. The van der Waals surface area contributed by atoms with Crippen LogP contribution in [0.15, 0.2) is 16.4 Å². The van der Waals surface area contributed by atoms with Gasteiger partial charge in [0.15, 0.2) is 0 Å². The topological polar surface area (TPSA) is 90.2 Å². The molecule has 0 bridgehead atoms. The van der Waals surface area contributed by atoms with Crippen LogP contribution in [0.1, 0.15) is 0 Å². The van der Waals surface area contributed by atoms with Crippen LogP contribution in [0.25, 0.3) is 6.20 Å². The number of hydrogen-bond acceptors (Lipinski definition) is 4. The van der Waals surface area contributed by atoms with E-state index in [9.17, 15) is 9.59 Å². The van der Waals surface area contributed by atoms with Gasteiger partial charge in [0.1, 0.15) is 4.67 Å². The molecular formula is C8H6N2O4S. The second kappa shape index (κ2) is 3.35. The van der Waals surface area contributed by atoms with Gasteiger partial charge in [-0.25, -0.2) is 14.6 Å². The summed E-state index contributed by atoms with van der Waals surface area (Å²) < 4.78 is 0.542. The lowest BCUT2D eigenvalue weighted by Gasteiger charge is -2.20. The summed E-state index contributed by atoms with van der Waals surface area (Å²) in [5.41, 5.74) is 0. The highest BCUT2D eigenvalue weighted by Crippen LogP contribution is 2.06. The van der Waals surface area contributed by atoms with Gasteiger partial charge in [-0.15, -0.1) is 11.3 Å².